The van der Waals surface area contributed by atoms with Gasteiger partial charge < -0.3 is 10.8 Å². The van der Waals surface area contributed by atoms with Crippen LogP contribution >= 0.6 is 11.6 Å². The zero-order valence-corrected chi connectivity index (χ0v) is 6.40. The molecular formula is C7H7ClFNO. The third-order valence-electron chi connectivity index (χ3n) is 1.37. The summed E-state index contributed by atoms with van der Waals surface area (Å²) in [6.07, 6.45) is 0. The van der Waals surface area contributed by atoms with Gasteiger partial charge in [-0.2, -0.15) is 0 Å². The highest BCUT2D eigenvalue weighted by Crippen LogP contribution is 2.28. The van der Waals surface area contributed by atoms with Crippen molar-refractivity contribution in [1.82, 2.24) is 0 Å². The minimum Gasteiger partial charge on any atom is -0.506 e. The normalized spacial score (nSPS) is 10.1. The van der Waals surface area contributed by atoms with E-state index >= 15 is 0 Å². The molecule has 0 radical (unpaired) electrons. The number of benzene rings is 1. The van der Waals surface area contributed by atoms with Gasteiger partial charge in [-0.05, 0) is 12.1 Å². The molecule has 0 unspecified atom stereocenters. The fourth-order valence-corrected chi connectivity index (χ4v) is 1.00. The van der Waals surface area contributed by atoms with E-state index in [4.69, 9.17) is 22.4 Å². The van der Waals surface area contributed by atoms with Crippen LogP contribution in [0.15, 0.2) is 12.1 Å². The number of phenolic OH excluding ortho intramolecular Hbond substituents is 1. The maximum Gasteiger partial charge on any atom is 0.134 e. The minimum atomic E-state index is -0.490. The summed E-state index contributed by atoms with van der Waals surface area (Å²) >= 11 is 5.53. The van der Waals surface area contributed by atoms with Crippen LogP contribution in [0.1, 0.15) is 5.56 Å². The number of aromatic hydroxyl groups is 1. The third-order valence-corrected chi connectivity index (χ3v) is 1.79. The Morgan fingerprint density at radius 3 is 2.64 bits per heavy atom. The van der Waals surface area contributed by atoms with E-state index in [1.807, 2.05) is 0 Å². The van der Waals surface area contributed by atoms with E-state index < -0.39 is 5.82 Å². The van der Waals surface area contributed by atoms with Gasteiger partial charge in [0.05, 0.1) is 5.02 Å². The first-order chi connectivity index (χ1) is 5.16. The second-order valence-electron chi connectivity index (χ2n) is 2.06. The highest BCUT2D eigenvalue weighted by molar-refractivity contribution is 6.32. The minimum absolute atomic E-state index is 0.00694. The van der Waals surface area contributed by atoms with Gasteiger partial charge in [0.15, 0.2) is 0 Å². The van der Waals surface area contributed by atoms with E-state index in [9.17, 15) is 4.39 Å². The third kappa shape index (κ3) is 1.44. The molecule has 0 aliphatic heterocycles. The van der Waals surface area contributed by atoms with Crippen molar-refractivity contribution in [2.45, 2.75) is 6.54 Å². The second kappa shape index (κ2) is 3.07. The molecule has 0 aromatic heterocycles. The Hall–Kier alpha value is -0.800. The number of phenols is 1. The van der Waals surface area contributed by atoms with E-state index in [0.717, 1.165) is 6.07 Å². The molecule has 0 heterocycles. The van der Waals surface area contributed by atoms with Crippen molar-refractivity contribution >= 4 is 11.6 Å². The molecule has 0 aliphatic rings. The summed E-state index contributed by atoms with van der Waals surface area (Å²) in [6.45, 7) is -0.0148. The Morgan fingerprint density at radius 1 is 1.55 bits per heavy atom. The lowest BCUT2D eigenvalue weighted by atomic mass is 10.2. The maximum absolute atomic E-state index is 12.8. The lowest BCUT2D eigenvalue weighted by Crippen LogP contribution is -2.00. The Kier molecular flexibility index (Phi) is 2.31. The molecule has 1 aromatic carbocycles. The highest BCUT2D eigenvalue weighted by Gasteiger charge is 2.08. The van der Waals surface area contributed by atoms with Crippen molar-refractivity contribution in [2.75, 3.05) is 0 Å². The largest absolute Gasteiger partial charge is 0.506 e. The summed E-state index contributed by atoms with van der Waals surface area (Å²) in [7, 11) is 0. The Balaban J connectivity index is 3.29. The zero-order valence-electron chi connectivity index (χ0n) is 5.64. The summed E-state index contributed by atoms with van der Waals surface area (Å²) in [5, 5.41) is 8.99. The Morgan fingerprint density at radius 2 is 2.18 bits per heavy atom. The molecule has 0 atom stereocenters. The maximum atomic E-state index is 12.8. The lowest BCUT2D eigenvalue weighted by molar-refractivity contribution is 0.471. The lowest BCUT2D eigenvalue weighted by Gasteiger charge is -2.03. The topological polar surface area (TPSA) is 46.2 Å². The van der Waals surface area contributed by atoms with Gasteiger partial charge >= 0.3 is 0 Å². The first kappa shape index (κ1) is 8.30. The van der Waals surface area contributed by atoms with Gasteiger partial charge in [0.1, 0.15) is 11.6 Å². The summed E-state index contributed by atoms with van der Waals surface area (Å²) in [6, 6.07) is 2.32. The fraction of sp³-hybridized carbons (Fsp3) is 0.143. The zero-order chi connectivity index (χ0) is 8.43. The average molecular weight is 176 g/mol. The highest BCUT2D eigenvalue weighted by atomic mass is 35.5. The number of hydrogen-bond donors (Lipinski definition) is 2. The van der Waals surface area contributed by atoms with Crippen LogP contribution < -0.4 is 5.73 Å². The van der Waals surface area contributed by atoms with Crippen molar-refractivity contribution < 1.29 is 9.50 Å². The van der Waals surface area contributed by atoms with Gasteiger partial charge in [-0.1, -0.05) is 11.6 Å². The summed E-state index contributed by atoms with van der Waals surface area (Å²) in [4.78, 5) is 0. The van der Waals surface area contributed by atoms with Crippen LogP contribution in [0.25, 0.3) is 0 Å². The molecule has 0 bridgehead atoms. The number of nitrogens with two attached hydrogens (primary N) is 1. The molecule has 11 heavy (non-hydrogen) atoms. The smallest absolute Gasteiger partial charge is 0.134 e. The molecule has 0 saturated carbocycles. The fourth-order valence-electron chi connectivity index (χ4n) is 0.772. The first-order valence-corrected chi connectivity index (χ1v) is 3.40. The van der Waals surface area contributed by atoms with Gasteiger partial charge in [-0.15, -0.1) is 0 Å². The van der Waals surface area contributed by atoms with E-state index in [-0.39, 0.29) is 22.9 Å². The van der Waals surface area contributed by atoms with Gasteiger partial charge in [0, 0.05) is 12.1 Å². The van der Waals surface area contributed by atoms with E-state index in [2.05, 4.69) is 0 Å². The van der Waals surface area contributed by atoms with Gasteiger partial charge in [0.2, 0.25) is 0 Å². The first-order valence-electron chi connectivity index (χ1n) is 3.02. The number of halogens is 2. The summed E-state index contributed by atoms with van der Waals surface area (Å²) < 4.78 is 12.8. The molecule has 2 nitrogen and oxygen atoms in total. The van der Waals surface area contributed by atoms with Crippen molar-refractivity contribution in [3.63, 3.8) is 0 Å². The van der Waals surface area contributed by atoms with Gasteiger partial charge in [-0.3, -0.25) is 0 Å². The van der Waals surface area contributed by atoms with Crippen LogP contribution in [-0.2, 0) is 6.54 Å². The van der Waals surface area contributed by atoms with Crippen LogP contribution in [0.5, 0.6) is 5.75 Å². The van der Waals surface area contributed by atoms with Crippen LogP contribution in [0.3, 0.4) is 0 Å². The van der Waals surface area contributed by atoms with Crippen molar-refractivity contribution in [2.24, 2.45) is 5.73 Å². The Labute approximate surface area is 68.4 Å². The van der Waals surface area contributed by atoms with E-state index in [0.29, 0.717) is 0 Å². The molecular weight excluding hydrogens is 169 g/mol. The predicted octanol–water partition coefficient (Wildman–Crippen LogP) is 1.64. The molecule has 0 aliphatic carbocycles. The number of hydrogen-bond acceptors (Lipinski definition) is 2. The number of rotatable bonds is 1. The van der Waals surface area contributed by atoms with Crippen LogP contribution in [0.2, 0.25) is 5.02 Å². The molecule has 1 aromatic rings. The molecule has 1 rings (SSSR count). The Bertz CT molecular complexity index is 277. The van der Waals surface area contributed by atoms with E-state index in [1.54, 1.807) is 0 Å². The molecule has 60 valence electrons. The second-order valence-corrected chi connectivity index (χ2v) is 2.44. The van der Waals surface area contributed by atoms with Gasteiger partial charge in [0.25, 0.3) is 0 Å². The molecule has 0 spiro atoms. The molecule has 0 saturated heterocycles. The monoisotopic (exact) mass is 175 g/mol. The van der Waals surface area contributed by atoms with Crippen LogP contribution in [0, 0.1) is 5.82 Å². The quantitative estimate of drug-likeness (QED) is 0.682. The summed E-state index contributed by atoms with van der Waals surface area (Å²) in [5.41, 5.74) is 5.33. The van der Waals surface area contributed by atoms with Crippen molar-refractivity contribution in [3.8, 4) is 5.75 Å². The van der Waals surface area contributed by atoms with Crippen molar-refractivity contribution in [1.29, 1.82) is 0 Å². The predicted molar refractivity (Wildman–Crippen MR) is 41.0 cm³/mol. The van der Waals surface area contributed by atoms with E-state index in [1.165, 1.54) is 6.07 Å². The van der Waals surface area contributed by atoms with Crippen molar-refractivity contribution in [3.05, 3.63) is 28.5 Å². The SMILES string of the molecule is NCc1c(F)ccc(O)c1Cl. The molecule has 0 amide bonds. The van der Waals surface area contributed by atoms with Crippen LogP contribution in [0.4, 0.5) is 4.39 Å². The average Bonchev–Trinajstić information content (AvgIpc) is 1.99. The van der Waals surface area contributed by atoms with Gasteiger partial charge in [-0.25, -0.2) is 4.39 Å². The molecule has 4 heteroatoms. The van der Waals surface area contributed by atoms with Crippen LogP contribution in [-0.4, -0.2) is 5.11 Å². The molecule has 0 fully saturated rings. The standard InChI is InChI=1S/C7H7ClFNO/c8-7-4(3-10)5(9)1-2-6(7)11/h1-2,11H,3,10H2. The molecule has 3 N–H and O–H groups in total. The summed E-state index contributed by atoms with van der Waals surface area (Å²) in [5.74, 6) is -0.635.